The summed E-state index contributed by atoms with van der Waals surface area (Å²) in [7, 11) is 3.40. The summed E-state index contributed by atoms with van der Waals surface area (Å²) in [6.45, 7) is 8.54. The molecule has 0 aliphatic heterocycles. The van der Waals surface area contributed by atoms with E-state index in [1.54, 1.807) is 14.2 Å². The lowest BCUT2D eigenvalue weighted by Crippen LogP contribution is -2.33. The van der Waals surface area contributed by atoms with Crippen LogP contribution in [-0.4, -0.2) is 26.3 Å². The molecule has 0 spiro atoms. The van der Waals surface area contributed by atoms with Crippen LogP contribution in [0.3, 0.4) is 0 Å². The zero-order valence-corrected chi connectivity index (χ0v) is 12.3. The predicted molar refractivity (Wildman–Crippen MR) is 75.7 cm³/mol. The number of rotatable bonds is 6. The second-order valence-corrected chi connectivity index (χ2v) is 5.01. The summed E-state index contributed by atoms with van der Waals surface area (Å²) in [5, 5.41) is 3.50. The Balaban J connectivity index is 2.92. The molecular weight excluding hydrogens is 226 g/mol. The molecule has 0 aromatic heterocycles. The summed E-state index contributed by atoms with van der Waals surface area (Å²) in [5.41, 5.74) is 2.28. The summed E-state index contributed by atoms with van der Waals surface area (Å²) in [5.74, 6) is 1.81. The van der Waals surface area contributed by atoms with Crippen molar-refractivity contribution >= 4 is 0 Å². The lowest BCUT2D eigenvalue weighted by atomic mass is 10.0. The lowest BCUT2D eigenvalue weighted by molar-refractivity contribution is 0.382. The van der Waals surface area contributed by atoms with Gasteiger partial charge in [0.25, 0.3) is 0 Å². The van der Waals surface area contributed by atoms with E-state index in [0.717, 1.165) is 23.5 Å². The van der Waals surface area contributed by atoms with Crippen molar-refractivity contribution in [1.82, 2.24) is 5.32 Å². The molecule has 0 heterocycles. The van der Waals surface area contributed by atoms with Crippen molar-refractivity contribution < 1.29 is 9.47 Å². The first-order valence-electron chi connectivity index (χ1n) is 6.46. The molecule has 3 nitrogen and oxygen atoms in total. The molecule has 0 bridgehead atoms. The van der Waals surface area contributed by atoms with Gasteiger partial charge >= 0.3 is 0 Å². The van der Waals surface area contributed by atoms with Gasteiger partial charge in [0.15, 0.2) is 0 Å². The molecule has 1 N–H and O–H groups in total. The zero-order valence-electron chi connectivity index (χ0n) is 12.3. The average Bonchev–Trinajstić information content (AvgIpc) is 2.28. The van der Waals surface area contributed by atoms with Crippen LogP contribution in [0.1, 0.15) is 31.9 Å². The maximum absolute atomic E-state index is 5.52. The minimum atomic E-state index is 0.423. The maximum Gasteiger partial charge on any atom is 0.128 e. The average molecular weight is 251 g/mol. The Kier molecular flexibility index (Phi) is 5.48. The second kappa shape index (κ2) is 6.64. The molecule has 0 aliphatic rings. The molecule has 1 atom stereocenters. The lowest BCUT2D eigenvalue weighted by Gasteiger charge is -2.20. The number of benzene rings is 1. The molecule has 1 aromatic rings. The van der Waals surface area contributed by atoms with Crippen LogP contribution in [0.15, 0.2) is 12.1 Å². The third-order valence-electron chi connectivity index (χ3n) is 3.01. The fourth-order valence-electron chi connectivity index (χ4n) is 2.35. The van der Waals surface area contributed by atoms with E-state index in [0.29, 0.717) is 12.1 Å². The Morgan fingerprint density at radius 3 is 2.28 bits per heavy atom. The fraction of sp³-hybridized carbons (Fsp3) is 0.600. The number of nitrogens with one attached hydrogen (secondary N) is 1. The van der Waals surface area contributed by atoms with Crippen molar-refractivity contribution in [2.24, 2.45) is 0 Å². The molecule has 0 saturated carbocycles. The largest absolute Gasteiger partial charge is 0.496 e. The van der Waals surface area contributed by atoms with E-state index in [2.05, 4.69) is 32.2 Å². The molecule has 0 aliphatic carbocycles. The first-order chi connectivity index (χ1) is 8.49. The van der Waals surface area contributed by atoms with Crippen molar-refractivity contribution in [1.29, 1.82) is 0 Å². The topological polar surface area (TPSA) is 30.5 Å². The van der Waals surface area contributed by atoms with E-state index >= 15 is 0 Å². The Hall–Kier alpha value is -1.22. The Morgan fingerprint density at radius 1 is 1.11 bits per heavy atom. The van der Waals surface area contributed by atoms with Crippen LogP contribution in [0.25, 0.3) is 0 Å². The minimum Gasteiger partial charge on any atom is -0.496 e. The Labute approximate surface area is 110 Å². The highest BCUT2D eigenvalue weighted by atomic mass is 16.5. The van der Waals surface area contributed by atoms with Crippen LogP contribution in [-0.2, 0) is 6.42 Å². The van der Waals surface area contributed by atoms with Crippen molar-refractivity contribution in [2.45, 2.75) is 46.2 Å². The second-order valence-electron chi connectivity index (χ2n) is 5.01. The van der Waals surface area contributed by atoms with Gasteiger partial charge in [-0.05, 0) is 31.9 Å². The van der Waals surface area contributed by atoms with Crippen LogP contribution < -0.4 is 14.8 Å². The number of hydrogen-bond acceptors (Lipinski definition) is 3. The zero-order chi connectivity index (χ0) is 13.7. The summed E-state index contributed by atoms with van der Waals surface area (Å²) in [6, 6.07) is 5.01. The fourth-order valence-corrected chi connectivity index (χ4v) is 2.35. The van der Waals surface area contributed by atoms with E-state index in [9.17, 15) is 0 Å². The van der Waals surface area contributed by atoms with Gasteiger partial charge in [-0.25, -0.2) is 0 Å². The van der Waals surface area contributed by atoms with Gasteiger partial charge in [-0.2, -0.15) is 0 Å². The molecule has 0 amide bonds. The highest BCUT2D eigenvalue weighted by molar-refractivity contribution is 5.49. The van der Waals surface area contributed by atoms with Crippen LogP contribution in [0.2, 0.25) is 0 Å². The highest BCUT2D eigenvalue weighted by Gasteiger charge is 2.13. The van der Waals surface area contributed by atoms with Gasteiger partial charge in [0.1, 0.15) is 11.5 Å². The molecule has 0 fully saturated rings. The van der Waals surface area contributed by atoms with Crippen molar-refractivity contribution in [2.75, 3.05) is 14.2 Å². The smallest absolute Gasteiger partial charge is 0.128 e. The quantitative estimate of drug-likeness (QED) is 0.843. The Bertz CT molecular complexity index is 388. The molecule has 1 rings (SSSR count). The third-order valence-corrected chi connectivity index (χ3v) is 3.01. The maximum atomic E-state index is 5.52. The van der Waals surface area contributed by atoms with Crippen LogP contribution >= 0.6 is 0 Å². The monoisotopic (exact) mass is 251 g/mol. The third kappa shape index (κ3) is 3.64. The molecule has 102 valence electrons. The highest BCUT2D eigenvalue weighted by Crippen LogP contribution is 2.31. The molecular formula is C15H25NO2. The van der Waals surface area contributed by atoms with Gasteiger partial charge in [-0.1, -0.05) is 19.9 Å². The molecule has 18 heavy (non-hydrogen) atoms. The van der Waals surface area contributed by atoms with Gasteiger partial charge in [0.2, 0.25) is 0 Å². The number of methoxy groups -OCH3 is 2. The molecule has 0 saturated heterocycles. The molecule has 3 heteroatoms. The van der Waals surface area contributed by atoms with E-state index < -0.39 is 0 Å². The van der Waals surface area contributed by atoms with Crippen LogP contribution in [0.5, 0.6) is 11.5 Å². The van der Waals surface area contributed by atoms with Crippen molar-refractivity contribution in [3.05, 3.63) is 23.3 Å². The first kappa shape index (κ1) is 14.8. The SMILES string of the molecule is COc1ccc(CC(C)NC(C)C)c(OC)c1C. The van der Waals surface area contributed by atoms with Gasteiger partial charge in [0, 0.05) is 17.6 Å². The van der Waals surface area contributed by atoms with Gasteiger partial charge in [-0.15, -0.1) is 0 Å². The summed E-state index contributed by atoms with van der Waals surface area (Å²) >= 11 is 0. The van der Waals surface area contributed by atoms with Gasteiger partial charge in [-0.3, -0.25) is 0 Å². The first-order valence-corrected chi connectivity index (χ1v) is 6.46. The molecule has 0 radical (unpaired) electrons. The van der Waals surface area contributed by atoms with Crippen molar-refractivity contribution in [3.8, 4) is 11.5 Å². The van der Waals surface area contributed by atoms with Crippen LogP contribution in [0.4, 0.5) is 0 Å². The summed E-state index contributed by atoms with van der Waals surface area (Å²) in [4.78, 5) is 0. The number of hydrogen-bond donors (Lipinski definition) is 1. The van der Waals surface area contributed by atoms with E-state index in [1.807, 2.05) is 13.0 Å². The molecule has 1 unspecified atom stereocenters. The normalized spacial score (nSPS) is 12.6. The Morgan fingerprint density at radius 2 is 1.78 bits per heavy atom. The van der Waals surface area contributed by atoms with E-state index in [1.165, 1.54) is 5.56 Å². The van der Waals surface area contributed by atoms with Gasteiger partial charge < -0.3 is 14.8 Å². The van der Waals surface area contributed by atoms with Gasteiger partial charge in [0.05, 0.1) is 14.2 Å². The molecule has 1 aromatic carbocycles. The minimum absolute atomic E-state index is 0.423. The standard InChI is InChI=1S/C15H25NO2/c1-10(2)16-11(3)9-13-7-8-14(17-5)12(4)15(13)18-6/h7-8,10-11,16H,9H2,1-6H3. The van der Waals surface area contributed by atoms with Crippen LogP contribution in [0, 0.1) is 6.92 Å². The van der Waals surface area contributed by atoms with E-state index in [-0.39, 0.29) is 0 Å². The number of ether oxygens (including phenoxy) is 2. The van der Waals surface area contributed by atoms with E-state index in [4.69, 9.17) is 9.47 Å². The van der Waals surface area contributed by atoms with Crippen molar-refractivity contribution in [3.63, 3.8) is 0 Å². The summed E-state index contributed by atoms with van der Waals surface area (Å²) < 4.78 is 10.8. The summed E-state index contributed by atoms with van der Waals surface area (Å²) in [6.07, 6.45) is 0.951. The predicted octanol–water partition coefficient (Wildman–Crippen LogP) is 2.94.